The molecule has 0 aromatic rings. The molecule has 0 heterocycles. The molecular formula is C11H18N2O4. The van der Waals surface area contributed by atoms with Crippen LogP contribution in [0.15, 0.2) is 25.3 Å². The summed E-state index contributed by atoms with van der Waals surface area (Å²) in [6.07, 6.45) is 3.23. The van der Waals surface area contributed by atoms with Gasteiger partial charge in [0, 0.05) is 19.6 Å². The van der Waals surface area contributed by atoms with Crippen LogP contribution in [0.1, 0.15) is 0 Å². The molecular weight excluding hydrogens is 224 g/mol. The summed E-state index contributed by atoms with van der Waals surface area (Å²) in [5.41, 5.74) is 0. The van der Waals surface area contributed by atoms with Gasteiger partial charge in [0.25, 0.3) is 0 Å². The van der Waals surface area contributed by atoms with E-state index in [0.717, 1.165) is 0 Å². The third-order valence-corrected chi connectivity index (χ3v) is 1.73. The molecule has 0 aliphatic carbocycles. The van der Waals surface area contributed by atoms with Crippen molar-refractivity contribution in [3.63, 3.8) is 0 Å². The highest BCUT2D eigenvalue weighted by Gasteiger charge is 2.08. The Labute approximate surface area is 101 Å². The largest absolute Gasteiger partial charge is 0.480 e. The van der Waals surface area contributed by atoms with E-state index in [1.165, 1.54) is 4.90 Å². The van der Waals surface area contributed by atoms with Gasteiger partial charge in [0.1, 0.15) is 6.61 Å². The number of hydrogen-bond donors (Lipinski definition) is 2. The number of hydrogen-bond acceptors (Lipinski definition) is 3. The van der Waals surface area contributed by atoms with Crippen molar-refractivity contribution < 1.29 is 19.4 Å². The zero-order valence-electron chi connectivity index (χ0n) is 9.72. The molecule has 6 nitrogen and oxygen atoms in total. The number of nitrogens with zero attached hydrogens (tertiary/aromatic N) is 1. The fraction of sp³-hybridized carbons (Fsp3) is 0.455. The van der Waals surface area contributed by atoms with E-state index in [4.69, 9.17) is 9.84 Å². The molecule has 96 valence electrons. The Balaban J connectivity index is 3.77. The third kappa shape index (κ3) is 8.04. The number of aliphatic carboxylic acids is 1. The van der Waals surface area contributed by atoms with Crippen molar-refractivity contribution >= 4 is 12.0 Å². The summed E-state index contributed by atoms with van der Waals surface area (Å²) in [4.78, 5) is 23.2. The van der Waals surface area contributed by atoms with Gasteiger partial charge in [0.15, 0.2) is 0 Å². The molecule has 0 bridgehead atoms. The van der Waals surface area contributed by atoms with Crippen LogP contribution in [0, 0.1) is 0 Å². The predicted octanol–water partition coefficient (Wildman–Crippen LogP) is 0.471. The van der Waals surface area contributed by atoms with Crippen molar-refractivity contribution in [1.29, 1.82) is 0 Å². The number of carboxylic acid groups (broad SMARTS) is 1. The molecule has 0 aliphatic heterocycles. The molecule has 0 spiro atoms. The molecule has 0 aliphatic rings. The summed E-state index contributed by atoms with van der Waals surface area (Å²) in [5.74, 6) is -1.03. The van der Waals surface area contributed by atoms with Crippen LogP contribution in [-0.2, 0) is 9.53 Å². The molecule has 0 fully saturated rings. The normalized spacial score (nSPS) is 9.41. The van der Waals surface area contributed by atoms with E-state index in [-0.39, 0.29) is 25.8 Å². The predicted molar refractivity (Wildman–Crippen MR) is 63.8 cm³/mol. The lowest BCUT2D eigenvalue weighted by Gasteiger charge is -2.19. The quantitative estimate of drug-likeness (QED) is 0.455. The van der Waals surface area contributed by atoms with E-state index in [9.17, 15) is 9.59 Å². The average molecular weight is 242 g/mol. The van der Waals surface area contributed by atoms with E-state index in [1.807, 2.05) is 0 Å². The Morgan fingerprint density at radius 1 is 1.29 bits per heavy atom. The van der Waals surface area contributed by atoms with Gasteiger partial charge in [-0.05, 0) is 0 Å². The molecule has 6 heteroatoms. The summed E-state index contributed by atoms with van der Waals surface area (Å²) in [6, 6.07) is -0.260. The molecule has 17 heavy (non-hydrogen) atoms. The minimum Gasteiger partial charge on any atom is -0.480 e. The number of urea groups is 1. The van der Waals surface area contributed by atoms with Crippen LogP contribution in [0.3, 0.4) is 0 Å². The van der Waals surface area contributed by atoms with Gasteiger partial charge in [-0.1, -0.05) is 12.2 Å². The van der Waals surface area contributed by atoms with Gasteiger partial charge in [-0.15, -0.1) is 13.2 Å². The summed E-state index contributed by atoms with van der Waals surface area (Å²) in [5, 5.41) is 10.9. The molecule has 2 N–H and O–H groups in total. The highest BCUT2D eigenvalue weighted by molar-refractivity contribution is 5.74. The van der Waals surface area contributed by atoms with Gasteiger partial charge in [0.05, 0.1) is 6.61 Å². The zero-order chi connectivity index (χ0) is 13.1. The minimum absolute atomic E-state index is 0.161. The van der Waals surface area contributed by atoms with Crippen molar-refractivity contribution in [3.8, 4) is 0 Å². The second kappa shape index (κ2) is 9.41. The van der Waals surface area contributed by atoms with Gasteiger partial charge in [-0.3, -0.25) is 0 Å². The molecule has 0 rings (SSSR count). The Hall–Kier alpha value is -1.82. The first kappa shape index (κ1) is 15.2. The van der Waals surface area contributed by atoms with Crippen LogP contribution in [0.4, 0.5) is 4.79 Å². The first-order chi connectivity index (χ1) is 8.11. The SMILES string of the molecule is C=CCN(CC=C)C(=O)NCCOCC(=O)O. The number of nitrogens with one attached hydrogen (secondary N) is 1. The summed E-state index contributed by atoms with van der Waals surface area (Å²) in [7, 11) is 0. The van der Waals surface area contributed by atoms with Gasteiger partial charge in [-0.25, -0.2) is 9.59 Å². The maximum Gasteiger partial charge on any atom is 0.329 e. The van der Waals surface area contributed by atoms with Gasteiger partial charge in [0.2, 0.25) is 0 Å². The first-order valence-corrected chi connectivity index (χ1v) is 5.16. The Bertz CT molecular complexity index is 269. The van der Waals surface area contributed by atoms with E-state index >= 15 is 0 Å². The number of carbonyl (C=O) groups is 2. The lowest BCUT2D eigenvalue weighted by Crippen LogP contribution is -2.41. The van der Waals surface area contributed by atoms with Gasteiger partial charge in [-0.2, -0.15) is 0 Å². The number of rotatable bonds is 9. The van der Waals surface area contributed by atoms with Crippen LogP contribution >= 0.6 is 0 Å². The fourth-order valence-electron chi connectivity index (χ4n) is 1.05. The standard InChI is InChI=1S/C11H18N2O4/c1-3-6-13(7-4-2)11(16)12-5-8-17-9-10(14)15/h3-4H,1-2,5-9H2,(H,12,16)(H,14,15). The van der Waals surface area contributed by atoms with E-state index in [1.54, 1.807) is 12.2 Å². The second-order valence-corrected chi connectivity index (χ2v) is 3.16. The van der Waals surface area contributed by atoms with Crippen LogP contribution < -0.4 is 5.32 Å². The lowest BCUT2D eigenvalue weighted by atomic mass is 10.4. The molecule has 2 amide bonds. The highest BCUT2D eigenvalue weighted by atomic mass is 16.5. The number of carbonyl (C=O) groups excluding carboxylic acids is 1. The molecule has 0 aromatic heterocycles. The summed E-state index contributed by atoms with van der Waals surface area (Å²) in [6.45, 7) is 8.00. The van der Waals surface area contributed by atoms with Gasteiger partial charge >= 0.3 is 12.0 Å². The Kier molecular flexibility index (Phi) is 8.40. The minimum atomic E-state index is -1.03. The van der Waals surface area contributed by atoms with Crippen LogP contribution in [-0.4, -0.2) is 54.9 Å². The average Bonchev–Trinajstić information content (AvgIpc) is 2.27. The summed E-state index contributed by atoms with van der Waals surface area (Å²) < 4.78 is 4.77. The van der Waals surface area contributed by atoms with E-state index in [2.05, 4.69) is 18.5 Å². The van der Waals surface area contributed by atoms with Crippen LogP contribution in [0.5, 0.6) is 0 Å². The molecule has 0 saturated heterocycles. The van der Waals surface area contributed by atoms with Crippen LogP contribution in [0.25, 0.3) is 0 Å². The first-order valence-electron chi connectivity index (χ1n) is 5.16. The monoisotopic (exact) mass is 242 g/mol. The molecule has 0 saturated carbocycles. The van der Waals surface area contributed by atoms with Crippen LogP contribution in [0.2, 0.25) is 0 Å². The van der Waals surface area contributed by atoms with Crippen molar-refractivity contribution in [1.82, 2.24) is 10.2 Å². The van der Waals surface area contributed by atoms with Crippen molar-refractivity contribution in [2.24, 2.45) is 0 Å². The Morgan fingerprint density at radius 2 is 1.88 bits per heavy atom. The van der Waals surface area contributed by atoms with Crippen molar-refractivity contribution in [3.05, 3.63) is 25.3 Å². The molecule has 0 atom stereocenters. The lowest BCUT2D eigenvalue weighted by molar-refractivity contribution is -0.142. The molecule has 0 aromatic carbocycles. The van der Waals surface area contributed by atoms with E-state index in [0.29, 0.717) is 13.1 Å². The van der Waals surface area contributed by atoms with Crippen molar-refractivity contribution in [2.75, 3.05) is 32.8 Å². The fourth-order valence-corrected chi connectivity index (χ4v) is 1.05. The maximum atomic E-state index is 11.6. The number of amides is 2. The van der Waals surface area contributed by atoms with Gasteiger partial charge < -0.3 is 20.1 Å². The second-order valence-electron chi connectivity index (χ2n) is 3.16. The maximum absolute atomic E-state index is 11.6. The smallest absolute Gasteiger partial charge is 0.329 e. The molecule has 0 unspecified atom stereocenters. The topological polar surface area (TPSA) is 78.9 Å². The van der Waals surface area contributed by atoms with Crippen molar-refractivity contribution in [2.45, 2.75) is 0 Å². The third-order valence-electron chi connectivity index (χ3n) is 1.73. The van der Waals surface area contributed by atoms with E-state index < -0.39 is 5.97 Å². The highest BCUT2D eigenvalue weighted by Crippen LogP contribution is 1.90. The number of ether oxygens (including phenoxy) is 1. The summed E-state index contributed by atoms with van der Waals surface area (Å²) >= 11 is 0. The zero-order valence-corrected chi connectivity index (χ0v) is 9.72. The Morgan fingerprint density at radius 3 is 2.35 bits per heavy atom. The molecule has 0 radical (unpaired) electrons. The number of carboxylic acids is 1.